The van der Waals surface area contributed by atoms with Gasteiger partial charge in [0.25, 0.3) is 0 Å². The molecule has 29 heavy (non-hydrogen) atoms. The fourth-order valence-corrected chi connectivity index (χ4v) is 4.05. The number of carbonyl (C=O) groups is 2. The molecule has 2 aliphatic heterocycles. The molecule has 1 atom stereocenters. The molecule has 0 spiro atoms. The second kappa shape index (κ2) is 8.51. The Morgan fingerprint density at radius 2 is 1.90 bits per heavy atom. The molecule has 0 radical (unpaired) electrons. The first kappa shape index (κ1) is 19.2. The molecule has 2 amide bonds. The summed E-state index contributed by atoms with van der Waals surface area (Å²) >= 11 is 0. The Kier molecular flexibility index (Phi) is 5.64. The molecule has 0 bridgehead atoms. The summed E-state index contributed by atoms with van der Waals surface area (Å²) in [5, 5.41) is 0. The Bertz CT molecular complexity index is 856. The van der Waals surface area contributed by atoms with Crippen LogP contribution in [0.25, 0.3) is 0 Å². The molecular weight excluding hydrogens is 368 g/mol. The lowest BCUT2D eigenvalue weighted by Gasteiger charge is -2.25. The van der Waals surface area contributed by atoms with E-state index in [1.54, 1.807) is 18.2 Å². The summed E-state index contributed by atoms with van der Waals surface area (Å²) in [5.74, 6) is 1.49. The molecule has 0 aliphatic carbocycles. The molecule has 1 aromatic heterocycles. The van der Waals surface area contributed by atoms with Gasteiger partial charge in [0.15, 0.2) is 0 Å². The predicted octanol–water partition coefficient (Wildman–Crippen LogP) is 2.18. The lowest BCUT2D eigenvalue weighted by Crippen LogP contribution is -2.40. The molecular formula is C22H26N4O3. The van der Waals surface area contributed by atoms with Gasteiger partial charge in [-0.15, -0.1) is 0 Å². The zero-order chi connectivity index (χ0) is 20.2. The molecule has 2 aromatic rings. The second-order valence-electron chi connectivity index (χ2n) is 7.46. The minimum Gasteiger partial charge on any atom is -0.497 e. The standard InChI is InChI=1S/C22H26N4O3/c1-29-19-8-6-18(7-9-19)26-16-17(15-21(26)27)22(28)25-12-4-11-24(13-14-25)20-5-2-3-10-23-20/h2-3,5-10,17H,4,11-16H2,1H3. The first-order valence-corrected chi connectivity index (χ1v) is 10.0. The SMILES string of the molecule is COc1ccc(N2CC(C(=O)N3CCCN(c4ccccn4)CC3)CC2=O)cc1. The molecule has 4 rings (SSSR count). The van der Waals surface area contributed by atoms with Gasteiger partial charge >= 0.3 is 0 Å². The monoisotopic (exact) mass is 394 g/mol. The highest BCUT2D eigenvalue weighted by Gasteiger charge is 2.37. The van der Waals surface area contributed by atoms with Gasteiger partial charge in [0.05, 0.1) is 13.0 Å². The Hall–Kier alpha value is -3.09. The van der Waals surface area contributed by atoms with Crippen molar-refractivity contribution in [1.29, 1.82) is 0 Å². The van der Waals surface area contributed by atoms with Crippen molar-refractivity contribution in [3.63, 3.8) is 0 Å². The van der Waals surface area contributed by atoms with Gasteiger partial charge in [-0.1, -0.05) is 6.07 Å². The molecule has 2 aliphatic rings. The number of nitrogens with zero attached hydrogens (tertiary/aromatic N) is 4. The molecule has 3 heterocycles. The molecule has 7 heteroatoms. The number of hydrogen-bond acceptors (Lipinski definition) is 5. The molecule has 0 saturated carbocycles. The van der Waals surface area contributed by atoms with E-state index < -0.39 is 0 Å². The van der Waals surface area contributed by atoms with Crippen LogP contribution in [-0.2, 0) is 9.59 Å². The molecule has 0 N–H and O–H groups in total. The summed E-state index contributed by atoms with van der Waals surface area (Å²) in [6.07, 6.45) is 2.96. The van der Waals surface area contributed by atoms with E-state index in [-0.39, 0.29) is 24.2 Å². The first-order valence-electron chi connectivity index (χ1n) is 10.0. The Morgan fingerprint density at radius 1 is 1.07 bits per heavy atom. The highest BCUT2D eigenvalue weighted by atomic mass is 16.5. The third-order valence-corrected chi connectivity index (χ3v) is 5.64. The molecule has 1 aromatic carbocycles. The number of anilines is 2. The van der Waals surface area contributed by atoms with Crippen LogP contribution < -0.4 is 14.5 Å². The topological polar surface area (TPSA) is 66.0 Å². The minimum absolute atomic E-state index is 0.00143. The Morgan fingerprint density at radius 3 is 2.62 bits per heavy atom. The van der Waals surface area contributed by atoms with Crippen LogP contribution in [0.1, 0.15) is 12.8 Å². The third-order valence-electron chi connectivity index (χ3n) is 5.64. The number of benzene rings is 1. The zero-order valence-electron chi connectivity index (χ0n) is 16.7. The molecule has 152 valence electrons. The van der Waals surface area contributed by atoms with Crippen molar-refractivity contribution in [3.05, 3.63) is 48.7 Å². The van der Waals surface area contributed by atoms with Gasteiger partial charge in [-0.2, -0.15) is 0 Å². The number of amides is 2. The van der Waals surface area contributed by atoms with E-state index in [0.717, 1.165) is 43.3 Å². The Balaban J connectivity index is 1.38. The number of ether oxygens (including phenoxy) is 1. The smallest absolute Gasteiger partial charge is 0.228 e. The number of methoxy groups -OCH3 is 1. The predicted molar refractivity (Wildman–Crippen MR) is 111 cm³/mol. The number of hydrogen-bond donors (Lipinski definition) is 0. The normalized spacial score (nSPS) is 20.0. The Labute approximate surface area is 170 Å². The first-order chi connectivity index (χ1) is 14.2. The third kappa shape index (κ3) is 4.18. The highest BCUT2D eigenvalue weighted by Crippen LogP contribution is 2.28. The van der Waals surface area contributed by atoms with Crippen molar-refractivity contribution in [2.24, 2.45) is 5.92 Å². The van der Waals surface area contributed by atoms with Crippen molar-refractivity contribution in [3.8, 4) is 5.75 Å². The molecule has 7 nitrogen and oxygen atoms in total. The lowest BCUT2D eigenvalue weighted by atomic mass is 10.1. The summed E-state index contributed by atoms with van der Waals surface area (Å²) in [7, 11) is 1.61. The number of rotatable bonds is 4. The quantitative estimate of drug-likeness (QED) is 0.795. The van der Waals surface area contributed by atoms with Crippen LogP contribution in [0.3, 0.4) is 0 Å². The maximum atomic E-state index is 13.1. The largest absolute Gasteiger partial charge is 0.497 e. The van der Waals surface area contributed by atoms with Crippen molar-refractivity contribution in [2.45, 2.75) is 12.8 Å². The van der Waals surface area contributed by atoms with Crippen LogP contribution >= 0.6 is 0 Å². The number of aromatic nitrogens is 1. The van der Waals surface area contributed by atoms with Gasteiger partial charge in [-0.05, 0) is 42.8 Å². The maximum absolute atomic E-state index is 13.1. The van der Waals surface area contributed by atoms with E-state index in [0.29, 0.717) is 13.1 Å². The van der Waals surface area contributed by atoms with Crippen LogP contribution in [0.4, 0.5) is 11.5 Å². The number of pyridine rings is 1. The summed E-state index contributed by atoms with van der Waals surface area (Å²) in [6.45, 7) is 3.44. The van der Waals surface area contributed by atoms with E-state index >= 15 is 0 Å². The van der Waals surface area contributed by atoms with Crippen LogP contribution in [-0.4, -0.2) is 61.5 Å². The van der Waals surface area contributed by atoms with Crippen LogP contribution in [0.2, 0.25) is 0 Å². The van der Waals surface area contributed by atoms with E-state index in [2.05, 4.69) is 9.88 Å². The molecule has 1 unspecified atom stereocenters. The maximum Gasteiger partial charge on any atom is 0.228 e. The summed E-state index contributed by atoms with van der Waals surface area (Å²) in [4.78, 5) is 35.9. The van der Waals surface area contributed by atoms with E-state index in [4.69, 9.17) is 4.74 Å². The van der Waals surface area contributed by atoms with Crippen molar-refractivity contribution in [2.75, 3.05) is 49.6 Å². The van der Waals surface area contributed by atoms with Crippen molar-refractivity contribution >= 4 is 23.3 Å². The van der Waals surface area contributed by atoms with Gasteiger partial charge in [-0.3, -0.25) is 9.59 Å². The average Bonchev–Trinajstić information content (AvgIpc) is 2.99. The fraction of sp³-hybridized carbons (Fsp3) is 0.409. The molecule has 2 fully saturated rings. The van der Waals surface area contributed by atoms with Gasteiger partial charge < -0.3 is 19.4 Å². The van der Waals surface area contributed by atoms with E-state index in [1.165, 1.54) is 0 Å². The van der Waals surface area contributed by atoms with Crippen molar-refractivity contribution < 1.29 is 14.3 Å². The average molecular weight is 394 g/mol. The van der Waals surface area contributed by atoms with Gasteiger partial charge in [0.1, 0.15) is 11.6 Å². The summed E-state index contributed by atoms with van der Waals surface area (Å²) in [5.41, 5.74) is 0.809. The highest BCUT2D eigenvalue weighted by molar-refractivity contribution is 6.00. The lowest BCUT2D eigenvalue weighted by molar-refractivity contribution is -0.135. The van der Waals surface area contributed by atoms with Crippen LogP contribution in [0.5, 0.6) is 5.75 Å². The minimum atomic E-state index is -0.286. The summed E-state index contributed by atoms with van der Waals surface area (Å²) < 4.78 is 5.18. The van der Waals surface area contributed by atoms with Gasteiger partial charge in [-0.25, -0.2) is 4.98 Å². The van der Waals surface area contributed by atoms with Crippen LogP contribution in [0, 0.1) is 5.92 Å². The fourth-order valence-electron chi connectivity index (χ4n) is 4.05. The molecule has 2 saturated heterocycles. The zero-order valence-corrected chi connectivity index (χ0v) is 16.7. The van der Waals surface area contributed by atoms with E-state index in [9.17, 15) is 9.59 Å². The van der Waals surface area contributed by atoms with Gasteiger partial charge in [0.2, 0.25) is 11.8 Å². The number of carbonyl (C=O) groups excluding carboxylic acids is 2. The van der Waals surface area contributed by atoms with Gasteiger partial charge in [0, 0.05) is 51.0 Å². The van der Waals surface area contributed by atoms with E-state index in [1.807, 2.05) is 47.4 Å². The summed E-state index contributed by atoms with van der Waals surface area (Å²) in [6, 6.07) is 13.3. The van der Waals surface area contributed by atoms with Crippen molar-refractivity contribution in [1.82, 2.24) is 9.88 Å². The second-order valence-corrected chi connectivity index (χ2v) is 7.46. The van der Waals surface area contributed by atoms with Crippen LogP contribution in [0.15, 0.2) is 48.7 Å².